The maximum absolute atomic E-state index is 12.4. The van der Waals surface area contributed by atoms with Crippen molar-refractivity contribution in [2.45, 2.75) is 19.4 Å². The minimum atomic E-state index is -0.728. The molecule has 29 heavy (non-hydrogen) atoms. The molecule has 1 atom stereocenters. The van der Waals surface area contributed by atoms with Crippen LogP contribution in [0, 0.1) is 0 Å². The molecule has 7 nitrogen and oxygen atoms in total. The van der Waals surface area contributed by atoms with Gasteiger partial charge in [0.05, 0.1) is 23.4 Å². The summed E-state index contributed by atoms with van der Waals surface area (Å²) in [4.78, 5) is 16.8. The lowest BCUT2D eigenvalue weighted by atomic mass is 10.0. The third kappa shape index (κ3) is 4.18. The molecule has 2 heterocycles. The quantitative estimate of drug-likeness (QED) is 0.575. The van der Waals surface area contributed by atoms with Gasteiger partial charge in [0.1, 0.15) is 17.1 Å². The highest BCUT2D eigenvalue weighted by Gasteiger charge is 2.26. The number of carbonyl (C=O) groups excluding carboxylic acids is 1. The van der Waals surface area contributed by atoms with E-state index in [0.717, 1.165) is 21.5 Å². The summed E-state index contributed by atoms with van der Waals surface area (Å²) in [6.45, 7) is 4.22. The average Bonchev–Trinajstić information content (AvgIpc) is 3.09. The number of carbonyl (C=O) groups is 1. The van der Waals surface area contributed by atoms with Gasteiger partial charge in [0.2, 0.25) is 0 Å². The summed E-state index contributed by atoms with van der Waals surface area (Å²) in [7, 11) is 0. The Morgan fingerprint density at radius 2 is 2.14 bits per heavy atom. The van der Waals surface area contributed by atoms with Crippen molar-refractivity contribution < 1.29 is 19.4 Å². The molecule has 0 fully saturated rings. The number of benzene rings is 2. The van der Waals surface area contributed by atoms with E-state index >= 15 is 0 Å². The number of anilines is 2. The average molecular weight is 411 g/mol. The van der Waals surface area contributed by atoms with E-state index < -0.39 is 5.60 Å². The molecule has 1 unspecified atom stereocenters. The van der Waals surface area contributed by atoms with Crippen LogP contribution in [-0.4, -0.2) is 34.9 Å². The van der Waals surface area contributed by atoms with Gasteiger partial charge in [-0.05, 0) is 56.3 Å². The first kappa shape index (κ1) is 19.2. The highest BCUT2D eigenvalue weighted by Crippen LogP contribution is 2.33. The molecule has 0 bridgehead atoms. The first-order valence-electron chi connectivity index (χ1n) is 9.22. The minimum absolute atomic E-state index is 0.112. The van der Waals surface area contributed by atoms with Gasteiger partial charge in [0, 0.05) is 11.3 Å². The highest BCUT2D eigenvalue weighted by molar-refractivity contribution is 7.22. The van der Waals surface area contributed by atoms with E-state index in [1.165, 1.54) is 11.3 Å². The summed E-state index contributed by atoms with van der Waals surface area (Å²) in [5.74, 6) is 1.44. The molecule has 2 aromatic carbocycles. The summed E-state index contributed by atoms with van der Waals surface area (Å²) in [6, 6.07) is 10.6. The number of hydrogen-bond acceptors (Lipinski definition) is 6. The molecular formula is C21H21N3O4S. The van der Waals surface area contributed by atoms with E-state index in [0.29, 0.717) is 23.2 Å². The number of aliphatic hydroxyl groups excluding tert-OH is 1. The molecule has 1 aromatic heterocycles. The summed E-state index contributed by atoms with van der Waals surface area (Å²) < 4.78 is 12.2. The van der Waals surface area contributed by atoms with E-state index in [2.05, 4.69) is 15.6 Å². The predicted octanol–water partition coefficient (Wildman–Crippen LogP) is 4.50. The number of aromatic nitrogens is 1. The number of thiazole rings is 1. The van der Waals surface area contributed by atoms with Crippen molar-refractivity contribution in [3.05, 3.63) is 48.0 Å². The largest absolute Gasteiger partial charge is 0.494 e. The van der Waals surface area contributed by atoms with Gasteiger partial charge in [-0.25, -0.2) is 9.78 Å². The molecule has 4 rings (SSSR count). The fourth-order valence-electron chi connectivity index (χ4n) is 2.96. The molecule has 0 saturated carbocycles. The molecule has 0 radical (unpaired) electrons. The summed E-state index contributed by atoms with van der Waals surface area (Å²) in [5, 5.41) is 15.5. The maximum Gasteiger partial charge on any atom is 0.325 e. The zero-order chi connectivity index (χ0) is 20.4. The van der Waals surface area contributed by atoms with Crippen molar-refractivity contribution in [3.8, 4) is 11.5 Å². The molecule has 1 aliphatic rings. The molecule has 0 spiro atoms. The van der Waals surface area contributed by atoms with Crippen LogP contribution in [0.2, 0.25) is 0 Å². The Balaban J connectivity index is 1.44. The van der Waals surface area contributed by atoms with Crippen LogP contribution < -0.4 is 20.1 Å². The standard InChI is InChI=1S/C21H21N3O4S/c1-3-27-15-5-6-16-18(11-15)29-20(23-16)24-19(26)22-14-4-7-17-13(10-14)8-9-21(2,12-25)28-17/h4-11,25H,3,12H2,1-2H3,(H2,22,23,24,26). The smallest absolute Gasteiger partial charge is 0.325 e. The predicted molar refractivity (Wildman–Crippen MR) is 115 cm³/mol. The Hall–Kier alpha value is -3.10. The van der Waals surface area contributed by atoms with Gasteiger partial charge in [-0.15, -0.1) is 0 Å². The van der Waals surface area contributed by atoms with Crippen LogP contribution in [0.1, 0.15) is 19.4 Å². The molecule has 150 valence electrons. The number of amides is 2. The number of fused-ring (bicyclic) bond motifs is 2. The van der Waals surface area contributed by atoms with Gasteiger partial charge in [-0.1, -0.05) is 17.4 Å². The van der Waals surface area contributed by atoms with E-state index in [4.69, 9.17) is 9.47 Å². The van der Waals surface area contributed by atoms with Gasteiger partial charge in [0.15, 0.2) is 5.13 Å². The third-order valence-corrected chi connectivity index (χ3v) is 5.37. The second-order valence-electron chi connectivity index (χ2n) is 6.82. The van der Waals surface area contributed by atoms with Gasteiger partial charge in [0.25, 0.3) is 0 Å². The van der Waals surface area contributed by atoms with Crippen molar-refractivity contribution in [2.75, 3.05) is 23.8 Å². The number of aliphatic hydroxyl groups is 1. The van der Waals surface area contributed by atoms with Crippen molar-refractivity contribution in [1.82, 2.24) is 4.98 Å². The second kappa shape index (κ2) is 7.73. The Labute approximate surface area is 172 Å². The van der Waals surface area contributed by atoms with Gasteiger partial charge in [-0.2, -0.15) is 0 Å². The van der Waals surface area contributed by atoms with Crippen LogP contribution in [0.3, 0.4) is 0 Å². The fraction of sp³-hybridized carbons (Fsp3) is 0.238. The van der Waals surface area contributed by atoms with Crippen molar-refractivity contribution in [3.63, 3.8) is 0 Å². The van der Waals surface area contributed by atoms with E-state index in [-0.39, 0.29) is 12.6 Å². The number of nitrogens with zero attached hydrogens (tertiary/aromatic N) is 1. The number of nitrogens with one attached hydrogen (secondary N) is 2. The molecule has 8 heteroatoms. The Kier molecular flexibility index (Phi) is 5.12. The van der Waals surface area contributed by atoms with Crippen molar-refractivity contribution >= 4 is 44.5 Å². The van der Waals surface area contributed by atoms with E-state index in [1.807, 2.05) is 37.3 Å². The molecule has 0 aliphatic carbocycles. The van der Waals surface area contributed by atoms with Crippen LogP contribution in [-0.2, 0) is 0 Å². The molecule has 3 N–H and O–H groups in total. The van der Waals surface area contributed by atoms with Crippen LogP contribution in [0.5, 0.6) is 11.5 Å². The SMILES string of the molecule is CCOc1ccc2nc(NC(=O)Nc3ccc4c(c3)C=CC(C)(CO)O4)sc2c1. The first-order valence-corrected chi connectivity index (χ1v) is 10.0. The zero-order valence-electron chi connectivity index (χ0n) is 16.1. The number of ether oxygens (including phenoxy) is 2. The summed E-state index contributed by atoms with van der Waals surface area (Å²) in [5.41, 5.74) is 1.53. The summed E-state index contributed by atoms with van der Waals surface area (Å²) in [6.07, 6.45) is 3.68. The molecular weight excluding hydrogens is 390 g/mol. The zero-order valence-corrected chi connectivity index (χ0v) is 16.9. The first-order chi connectivity index (χ1) is 14.0. The van der Waals surface area contributed by atoms with E-state index in [1.54, 1.807) is 25.1 Å². The fourth-order valence-corrected chi connectivity index (χ4v) is 3.85. The van der Waals surface area contributed by atoms with Crippen LogP contribution >= 0.6 is 11.3 Å². The molecule has 0 saturated heterocycles. The normalized spacial score (nSPS) is 17.5. The van der Waals surface area contributed by atoms with Crippen LogP contribution in [0.15, 0.2) is 42.5 Å². The Bertz CT molecular complexity index is 1090. The Morgan fingerprint density at radius 3 is 2.93 bits per heavy atom. The van der Waals surface area contributed by atoms with Gasteiger partial charge < -0.3 is 19.9 Å². The third-order valence-electron chi connectivity index (χ3n) is 4.43. The topological polar surface area (TPSA) is 92.7 Å². The minimum Gasteiger partial charge on any atom is -0.494 e. The number of urea groups is 1. The van der Waals surface area contributed by atoms with Crippen molar-refractivity contribution in [1.29, 1.82) is 0 Å². The molecule has 3 aromatic rings. The van der Waals surface area contributed by atoms with E-state index in [9.17, 15) is 9.90 Å². The summed E-state index contributed by atoms with van der Waals surface area (Å²) >= 11 is 1.38. The highest BCUT2D eigenvalue weighted by atomic mass is 32.1. The lowest BCUT2D eigenvalue weighted by Gasteiger charge is -2.29. The number of rotatable bonds is 5. The van der Waals surface area contributed by atoms with Crippen LogP contribution in [0.4, 0.5) is 15.6 Å². The monoisotopic (exact) mass is 411 g/mol. The maximum atomic E-state index is 12.4. The lowest BCUT2D eigenvalue weighted by molar-refractivity contribution is 0.0641. The molecule has 1 aliphatic heterocycles. The lowest BCUT2D eigenvalue weighted by Crippen LogP contribution is -2.35. The number of hydrogen-bond donors (Lipinski definition) is 3. The van der Waals surface area contributed by atoms with Crippen molar-refractivity contribution in [2.24, 2.45) is 0 Å². The van der Waals surface area contributed by atoms with Gasteiger partial charge >= 0.3 is 6.03 Å². The van der Waals surface area contributed by atoms with Gasteiger partial charge in [-0.3, -0.25) is 5.32 Å². The van der Waals surface area contributed by atoms with Crippen LogP contribution in [0.25, 0.3) is 16.3 Å². The molecule has 2 amide bonds. The Morgan fingerprint density at radius 1 is 1.28 bits per heavy atom. The second-order valence-corrected chi connectivity index (χ2v) is 7.85.